The number of carbonyl (C=O) groups is 1. The van der Waals surface area contributed by atoms with Crippen LogP contribution in [0, 0.1) is 0 Å². The van der Waals surface area contributed by atoms with Crippen LogP contribution in [0.15, 0.2) is 18.2 Å². The molecule has 1 aliphatic heterocycles. The summed E-state index contributed by atoms with van der Waals surface area (Å²) in [6, 6.07) is 5.35. The van der Waals surface area contributed by atoms with Crippen molar-refractivity contribution < 1.29 is 14.3 Å². The van der Waals surface area contributed by atoms with E-state index in [1.807, 2.05) is 6.07 Å². The Morgan fingerprint density at radius 1 is 1.60 bits per heavy atom. The third kappa shape index (κ3) is 2.27. The molecule has 106 valence electrons. The Hall–Kier alpha value is -1.59. The van der Waals surface area contributed by atoms with Crippen molar-refractivity contribution in [1.82, 2.24) is 9.55 Å². The summed E-state index contributed by atoms with van der Waals surface area (Å²) >= 11 is 5.96. The lowest BCUT2D eigenvalue weighted by atomic mass is 10.1. The molecule has 0 aliphatic carbocycles. The molecule has 1 aromatic carbocycles. The number of alkyl halides is 1. The number of ether oxygens (including phenoxy) is 2. The average Bonchev–Trinajstić information content (AvgIpc) is 2.78. The molecule has 0 bridgehead atoms. The van der Waals surface area contributed by atoms with E-state index in [4.69, 9.17) is 21.1 Å². The van der Waals surface area contributed by atoms with Crippen molar-refractivity contribution in [3.05, 3.63) is 29.6 Å². The van der Waals surface area contributed by atoms with Gasteiger partial charge in [0, 0.05) is 6.61 Å². The highest BCUT2D eigenvalue weighted by atomic mass is 35.5. The molecular formula is C14H15ClN2O3. The number of nitrogens with zero attached hydrogens (tertiary/aromatic N) is 2. The molecule has 0 N–H and O–H groups in total. The maximum absolute atomic E-state index is 11.5. The Labute approximate surface area is 121 Å². The van der Waals surface area contributed by atoms with Gasteiger partial charge in [-0.3, -0.25) is 0 Å². The number of methoxy groups -OCH3 is 1. The molecule has 1 atom stereocenters. The largest absolute Gasteiger partial charge is 0.465 e. The molecule has 5 nitrogen and oxygen atoms in total. The monoisotopic (exact) mass is 294 g/mol. The number of benzene rings is 1. The molecule has 20 heavy (non-hydrogen) atoms. The van der Waals surface area contributed by atoms with Gasteiger partial charge >= 0.3 is 5.97 Å². The molecule has 1 fully saturated rings. The Kier molecular flexibility index (Phi) is 3.63. The van der Waals surface area contributed by atoms with E-state index in [9.17, 15) is 4.79 Å². The van der Waals surface area contributed by atoms with Crippen molar-refractivity contribution in [2.75, 3.05) is 13.7 Å². The second-order valence-electron chi connectivity index (χ2n) is 4.75. The van der Waals surface area contributed by atoms with Crippen LogP contribution >= 0.6 is 11.6 Å². The van der Waals surface area contributed by atoms with Crippen molar-refractivity contribution >= 4 is 28.6 Å². The molecule has 1 saturated heterocycles. The van der Waals surface area contributed by atoms with Crippen LogP contribution in [0.5, 0.6) is 0 Å². The summed E-state index contributed by atoms with van der Waals surface area (Å²) in [6.45, 7) is 1.57. The molecule has 0 saturated carbocycles. The Morgan fingerprint density at radius 3 is 3.00 bits per heavy atom. The standard InChI is InChI=1S/C14H15ClN2O3/c1-19-14(18)9-2-3-12-11(6-9)16-13(7-15)17(12)8-10-4-5-20-10/h2-3,6,10H,4-5,7-8H2,1H3. The normalized spacial score (nSPS) is 18.0. The van der Waals surface area contributed by atoms with Gasteiger partial charge in [-0.1, -0.05) is 0 Å². The van der Waals surface area contributed by atoms with Crippen LogP contribution in [0.25, 0.3) is 11.0 Å². The SMILES string of the molecule is COC(=O)c1ccc2c(c1)nc(CCl)n2CC1CCO1. The van der Waals surface area contributed by atoms with Gasteiger partial charge in [-0.2, -0.15) is 0 Å². The van der Waals surface area contributed by atoms with Gasteiger partial charge in [0.15, 0.2) is 0 Å². The molecular weight excluding hydrogens is 280 g/mol. The first-order valence-corrected chi connectivity index (χ1v) is 7.01. The van der Waals surface area contributed by atoms with Crippen LogP contribution in [0.3, 0.4) is 0 Å². The van der Waals surface area contributed by atoms with Crippen LogP contribution in [-0.4, -0.2) is 35.3 Å². The van der Waals surface area contributed by atoms with Crippen molar-refractivity contribution in [3.63, 3.8) is 0 Å². The minimum Gasteiger partial charge on any atom is -0.465 e. The fourth-order valence-electron chi connectivity index (χ4n) is 2.36. The summed E-state index contributed by atoms with van der Waals surface area (Å²) in [5, 5.41) is 0. The van der Waals surface area contributed by atoms with Crippen LogP contribution in [0.4, 0.5) is 0 Å². The topological polar surface area (TPSA) is 53.3 Å². The van der Waals surface area contributed by atoms with E-state index < -0.39 is 0 Å². The number of hydrogen-bond donors (Lipinski definition) is 0. The number of carbonyl (C=O) groups excluding carboxylic acids is 1. The highest BCUT2D eigenvalue weighted by molar-refractivity contribution is 6.16. The second-order valence-corrected chi connectivity index (χ2v) is 5.02. The highest BCUT2D eigenvalue weighted by Crippen LogP contribution is 2.23. The number of fused-ring (bicyclic) bond motifs is 1. The van der Waals surface area contributed by atoms with E-state index in [1.54, 1.807) is 12.1 Å². The Bertz CT molecular complexity index is 649. The fraction of sp³-hybridized carbons (Fsp3) is 0.429. The number of imidazole rings is 1. The Morgan fingerprint density at radius 2 is 2.40 bits per heavy atom. The van der Waals surface area contributed by atoms with Gasteiger partial charge in [0.2, 0.25) is 0 Å². The van der Waals surface area contributed by atoms with Crippen molar-refractivity contribution in [2.24, 2.45) is 0 Å². The minimum absolute atomic E-state index is 0.231. The van der Waals surface area contributed by atoms with Crippen molar-refractivity contribution in [2.45, 2.75) is 24.9 Å². The van der Waals surface area contributed by atoms with Crippen LogP contribution < -0.4 is 0 Å². The number of rotatable bonds is 4. The van der Waals surface area contributed by atoms with Crippen molar-refractivity contribution in [3.8, 4) is 0 Å². The van der Waals surface area contributed by atoms with Gasteiger partial charge in [0.1, 0.15) is 5.82 Å². The number of halogens is 1. The molecule has 0 radical (unpaired) electrons. The zero-order chi connectivity index (χ0) is 14.1. The quantitative estimate of drug-likeness (QED) is 0.641. The van der Waals surface area contributed by atoms with Gasteiger partial charge in [-0.05, 0) is 24.6 Å². The van der Waals surface area contributed by atoms with Crippen molar-refractivity contribution in [1.29, 1.82) is 0 Å². The lowest BCUT2D eigenvalue weighted by molar-refractivity contribution is -0.0589. The lowest BCUT2D eigenvalue weighted by Crippen LogP contribution is -2.31. The summed E-state index contributed by atoms with van der Waals surface area (Å²) < 4.78 is 12.2. The summed E-state index contributed by atoms with van der Waals surface area (Å²) in [6.07, 6.45) is 1.29. The van der Waals surface area contributed by atoms with E-state index in [0.717, 1.165) is 36.4 Å². The molecule has 1 aromatic heterocycles. The van der Waals surface area contributed by atoms with E-state index in [1.165, 1.54) is 7.11 Å². The minimum atomic E-state index is -0.365. The fourth-order valence-corrected chi connectivity index (χ4v) is 2.57. The lowest BCUT2D eigenvalue weighted by Gasteiger charge is -2.27. The predicted octanol–water partition coefficient (Wildman–Crippen LogP) is 2.35. The maximum Gasteiger partial charge on any atom is 0.337 e. The van der Waals surface area contributed by atoms with Gasteiger partial charge in [-0.25, -0.2) is 9.78 Å². The zero-order valence-corrected chi connectivity index (χ0v) is 11.9. The highest BCUT2D eigenvalue weighted by Gasteiger charge is 2.21. The second kappa shape index (κ2) is 5.42. The molecule has 6 heteroatoms. The Balaban J connectivity index is 2.01. The molecule has 1 unspecified atom stereocenters. The summed E-state index contributed by atoms with van der Waals surface area (Å²) in [4.78, 5) is 16.0. The van der Waals surface area contributed by atoms with E-state index in [2.05, 4.69) is 9.55 Å². The zero-order valence-electron chi connectivity index (χ0n) is 11.1. The van der Waals surface area contributed by atoms with Gasteiger partial charge in [-0.15, -0.1) is 11.6 Å². The smallest absolute Gasteiger partial charge is 0.337 e. The molecule has 2 heterocycles. The van der Waals surface area contributed by atoms with Gasteiger partial charge in [0.05, 0.1) is 42.2 Å². The van der Waals surface area contributed by atoms with E-state index in [-0.39, 0.29) is 12.1 Å². The maximum atomic E-state index is 11.5. The summed E-state index contributed by atoms with van der Waals surface area (Å²) in [5.41, 5.74) is 2.21. The average molecular weight is 295 g/mol. The molecule has 3 rings (SSSR count). The molecule has 2 aromatic rings. The first-order chi connectivity index (χ1) is 9.72. The number of hydrogen-bond acceptors (Lipinski definition) is 4. The van der Waals surface area contributed by atoms with E-state index in [0.29, 0.717) is 11.4 Å². The van der Waals surface area contributed by atoms with Gasteiger partial charge < -0.3 is 14.0 Å². The first kappa shape index (κ1) is 13.4. The molecule has 0 spiro atoms. The first-order valence-electron chi connectivity index (χ1n) is 6.48. The van der Waals surface area contributed by atoms with Crippen LogP contribution in [0.2, 0.25) is 0 Å². The van der Waals surface area contributed by atoms with Crippen LogP contribution in [0.1, 0.15) is 22.6 Å². The summed E-state index contributed by atoms with van der Waals surface area (Å²) in [5.74, 6) is 0.755. The molecule has 1 aliphatic rings. The predicted molar refractivity (Wildman–Crippen MR) is 75.0 cm³/mol. The van der Waals surface area contributed by atoms with Gasteiger partial charge in [0.25, 0.3) is 0 Å². The van der Waals surface area contributed by atoms with Crippen LogP contribution in [-0.2, 0) is 21.9 Å². The summed E-state index contributed by atoms with van der Waals surface area (Å²) in [7, 11) is 1.36. The number of aromatic nitrogens is 2. The third-order valence-electron chi connectivity index (χ3n) is 3.55. The molecule has 0 amide bonds. The third-order valence-corrected chi connectivity index (χ3v) is 3.79. The number of esters is 1. The van der Waals surface area contributed by atoms with E-state index >= 15 is 0 Å².